The number of carboxylic acid groups (broad SMARTS) is 1. The molecule has 0 spiro atoms. The van der Waals surface area contributed by atoms with Crippen molar-refractivity contribution in [3.8, 4) is 11.5 Å². The van der Waals surface area contributed by atoms with Crippen LogP contribution < -0.4 is 10.3 Å². The number of aromatic amines is 1. The summed E-state index contributed by atoms with van der Waals surface area (Å²) in [5, 5.41) is 19.4. The summed E-state index contributed by atoms with van der Waals surface area (Å²) in [6.07, 6.45) is 3.07. The van der Waals surface area contributed by atoms with E-state index < -0.39 is 22.5 Å². The molecule has 144 valence electrons. The maximum absolute atomic E-state index is 12.2. The summed E-state index contributed by atoms with van der Waals surface area (Å²) in [6.45, 7) is 7.77. The summed E-state index contributed by atoms with van der Waals surface area (Å²) in [4.78, 5) is 30.6. The molecule has 1 aromatic heterocycles. The van der Waals surface area contributed by atoms with Crippen LogP contribution in [0.1, 0.15) is 55.1 Å². The van der Waals surface area contributed by atoms with Crippen molar-refractivity contribution in [2.75, 3.05) is 6.61 Å². The first-order valence-corrected chi connectivity index (χ1v) is 9.05. The van der Waals surface area contributed by atoms with Crippen molar-refractivity contribution >= 4 is 34.1 Å². The van der Waals surface area contributed by atoms with Gasteiger partial charge in [0.2, 0.25) is 0 Å². The molecule has 8 heteroatoms. The second-order valence-electron chi connectivity index (χ2n) is 6.85. The molecule has 0 saturated carbocycles. The number of aromatic hydroxyl groups is 1. The van der Waals surface area contributed by atoms with Gasteiger partial charge in [0.1, 0.15) is 5.82 Å². The zero-order valence-electron chi connectivity index (χ0n) is 15.5. The lowest BCUT2D eigenvalue weighted by Gasteiger charge is -2.17. The number of aromatic carboxylic acids is 1. The van der Waals surface area contributed by atoms with Gasteiger partial charge in [0, 0.05) is 5.41 Å². The molecule has 27 heavy (non-hydrogen) atoms. The molecule has 2 rings (SSSR count). The number of phenols is 1. The van der Waals surface area contributed by atoms with Crippen LogP contribution in [0.4, 0.5) is 0 Å². The number of nitrogens with zero attached hydrogens (tertiary/aromatic N) is 1. The minimum Gasteiger partial charge on any atom is -0.503 e. The van der Waals surface area contributed by atoms with E-state index in [1.54, 1.807) is 25.1 Å². The standard InChI is InChI=1S/C19H21BrN2O5/c1-5-27-13-9-10(8-11(20)15(13)23)6-7-12-14(17(25)26)16(24)22-18(21-12)19(2,3)4/h6-9,23H,5H2,1-4H3,(H,25,26)(H,21,22,24)/b7-6+. The van der Waals surface area contributed by atoms with Crippen LogP contribution in [0.25, 0.3) is 12.2 Å². The van der Waals surface area contributed by atoms with Gasteiger partial charge in [0.25, 0.3) is 5.56 Å². The third-order valence-electron chi connectivity index (χ3n) is 3.66. The molecule has 0 fully saturated rings. The van der Waals surface area contributed by atoms with Gasteiger partial charge in [-0.25, -0.2) is 9.78 Å². The molecule has 0 bridgehead atoms. The van der Waals surface area contributed by atoms with Crippen LogP contribution in [0.15, 0.2) is 21.4 Å². The van der Waals surface area contributed by atoms with Crippen molar-refractivity contribution < 1.29 is 19.7 Å². The highest BCUT2D eigenvalue weighted by atomic mass is 79.9. The van der Waals surface area contributed by atoms with Crippen LogP contribution in [-0.2, 0) is 5.41 Å². The van der Waals surface area contributed by atoms with Gasteiger partial charge in [-0.05, 0) is 46.6 Å². The summed E-state index contributed by atoms with van der Waals surface area (Å²) >= 11 is 3.25. The van der Waals surface area contributed by atoms with Crippen LogP contribution in [0.5, 0.6) is 11.5 Å². The maximum atomic E-state index is 12.2. The number of aromatic nitrogens is 2. The minimum absolute atomic E-state index is 0.0236. The molecular weight excluding hydrogens is 416 g/mol. The van der Waals surface area contributed by atoms with Gasteiger partial charge >= 0.3 is 5.97 Å². The van der Waals surface area contributed by atoms with E-state index in [2.05, 4.69) is 25.9 Å². The Kier molecular flexibility index (Phi) is 6.10. The molecule has 0 amide bonds. The van der Waals surface area contributed by atoms with E-state index in [0.29, 0.717) is 28.2 Å². The Balaban J connectivity index is 2.57. The number of H-pyrrole nitrogens is 1. The molecule has 0 unspecified atom stereocenters. The van der Waals surface area contributed by atoms with E-state index in [9.17, 15) is 19.8 Å². The Morgan fingerprint density at radius 1 is 1.33 bits per heavy atom. The first kappa shape index (κ1) is 20.7. The van der Waals surface area contributed by atoms with Crippen molar-refractivity contribution in [2.45, 2.75) is 33.1 Å². The van der Waals surface area contributed by atoms with Crippen molar-refractivity contribution in [3.05, 3.63) is 49.6 Å². The van der Waals surface area contributed by atoms with Crippen LogP contribution in [0.3, 0.4) is 0 Å². The molecule has 2 aromatic rings. The number of hydrogen-bond acceptors (Lipinski definition) is 5. The molecule has 0 saturated heterocycles. The van der Waals surface area contributed by atoms with E-state index >= 15 is 0 Å². The zero-order valence-corrected chi connectivity index (χ0v) is 17.0. The van der Waals surface area contributed by atoms with Crippen molar-refractivity contribution in [3.63, 3.8) is 0 Å². The fraction of sp³-hybridized carbons (Fsp3) is 0.316. The Morgan fingerprint density at radius 2 is 2.00 bits per heavy atom. The first-order chi connectivity index (χ1) is 12.5. The van der Waals surface area contributed by atoms with Gasteiger partial charge in [-0.15, -0.1) is 0 Å². The van der Waals surface area contributed by atoms with E-state index in [1.165, 1.54) is 6.08 Å². The summed E-state index contributed by atoms with van der Waals surface area (Å²) < 4.78 is 5.81. The molecule has 7 nitrogen and oxygen atoms in total. The lowest BCUT2D eigenvalue weighted by Crippen LogP contribution is -2.27. The SMILES string of the molecule is CCOc1cc(/C=C/c2nc(C(C)(C)C)[nH]c(=O)c2C(=O)O)cc(Br)c1O. The number of carboxylic acids is 1. The number of carbonyl (C=O) groups is 1. The number of hydrogen-bond donors (Lipinski definition) is 3. The van der Waals surface area contributed by atoms with E-state index in [4.69, 9.17) is 4.74 Å². The lowest BCUT2D eigenvalue weighted by molar-refractivity contribution is 0.0694. The summed E-state index contributed by atoms with van der Waals surface area (Å²) in [5.41, 5.74) is -0.897. The number of rotatable bonds is 5. The van der Waals surface area contributed by atoms with E-state index in [0.717, 1.165) is 0 Å². The summed E-state index contributed by atoms with van der Waals surface area (Å²) in [6, 6.07) is 3.25. The first-order valence-electron chi connectivity index (χ1n) is 8.26. The molecule has 0 radical (unpaired) electrons. The summed E-state index contributed by atoms with van der Waals surface area (Å²) in [5.74, 6) is -0.700. The fourth-order valence-corrected chi connectivity index (χ4v) is 2.76. The Morgan fingerprint density at radius 3 is 2.56 bits per heavy atom. The molecule has 1 heterocycles. The highest BCUT2D eigenvalue weighted by molar-refractivity contribution is 9.10. The van der Waals surface area contributed by atoms with Gasteiger partial charge in [-0.1, -0.05) is 26.8 Å². The van der Waals surface area contributed by atoms with E-state index in [-0.39, 0.29) is 11.4 Å². The molecular formula is C19H21BrN2O5. The quantitative estimate of drug-likeness (QED) is 0.656. The number of ether oxygens (including phenoxy) is 1. The van der Waals surface area contributed by atoms with Crippen molar-refractivity contribution in [2.24, 2.45) is 0 Å². The van der Waals surface area contributed by atoms with Crippen molar-refractivity contribution in [1.82, 2.24) is 9.97 Å². The highest BCUT2D eigenvalue weighted by Gasteiger charge is 2.22. The molecule has 0 aliphatic heterocycles. The fourth-order valence-electron chi connectivity index (χ4n) is 2.30. The van der Waals surface area contributed by atoms with Crippen LogP contribution in [0, 0.1) is 0 Å². The minimum atomic E-state index is -1.36. The third-order valence-corrected chi connectivity index (χ3v) is 4.26. The smallest absolute Gasteiger partial charge is 0.343 e. The predicted molar refractivity (Wildman–Crippen MR) is 106 cm³/mol. The molecule has 0 atom stereocenters. The predicted octanol–water partition coefficient (Wildman–Crippen LogP) is 3.80. The highest BCUT2D eigenvalue weighted by Crippen LogP contribution is 2.36. The number of benzene rings is 1. The third kappa shape index (κ3) is 4.77. The van der Waals surface area contributed by atoms with Gasteiger partial charge in [-0.3, -0.25) is 4.79 Å². The largest absolute Gasteiger partial charge is 0.503 e. The Labute approximate surface area is 164 Å². The molecule has 0 aliphatic rings. The lowest BCUT2D eigenvalue weighted by atomic mass is 9.95. The molecule has 1 aromatic carbocycles. The number of nitrogens with one attached hydrogen (secondary N) is 1. The zero-order chi connectivity index (χ0) is 20.4. The molecule has 3 N–H and O–H groups in total. The van der Waals surface area contributed by atoms with Crippen molar-refractivity contribution in [1.29, 1.82) is 0 Å². The second-order valence-corrected chi connectivity index (χ2v) is 7.70. The average molecular weight is 437 g/mol. The van der Waals surface area contributed by atoms with Gasteiger partial charge in [0.15, 0.2) is 17.1 Å². The van der Waals surface area contributed by atoms with E-state index in [1.807, 2.05) is 20.8 Å². The van der Waals surface area contributed by atoms with Crippen LogP contribution >= 0.6 is 15.9 Å². The van der Waals surface area contributed by atoms with Gasteiger partial charge in [-0.2, -0.15) is 0 Å². The van der Waals surface area contributed by atoms with Crippen LogP contribution in [-0.4, -0.2) is 32.8 Å². The second kappa shape index (κ2) is 7.96. The van der Waals surface area contributed by atoms with Gasteiger partial charge < -0.3 is 19.9 Å². The monoisotopic (exact) mass is 436 g/mol. The maximum Gasteiger partial charge on any atom is 0.343 e. The Hall–Kier alpha value is -2.61. The normalized spacial score (nSPS) is 11.7. The van der Waals surface area contributed by atoms with Crippen LogP contribution in [0.2, 0.25) is 0 Å². The summed E-state index contributed by atoms with van der Waals surface area (Å²) in [7, 11) is 0. The molecule has 0 aliphatic carbocycles. The van der Waals surface area contributed by atoms with Gasteiger partial charge in [0.05, 0.1) is 16.8 Å². The topological polar surface area (TPSA) is 113 Å². The average Bonchev–Trinajstić information content (AvgIpc) is 2.55. The number of phenolic OH excluding ortho intramolecular Hbond substituents is 1. The number of halogens is 1. The Bertz CT molecular complexity index is 958.